The first kappa shape index (κ1) is 16.1. The first-order chi connectivity index (χ1) is 11.3. The third kappa shape index (κ3) is 2.67. The van der Waals surface area contributed by atoms with Gasteiger partial charge in [-0.05, 0) is 62.4 Å². The lowest BCUT2D eigenvalue weighted by molar-refractivity contribution is 0.0196. The van der Waals surface area contributed by atoms with Gasteiger partial charge in [0, 0.05) is 18.0 Å². The van der Waals surface area contributed by atoms with E-state index in [1.165, 1.54) is 0 Å². The number of ether oxygens (including phenoxy) is 1. The second-order valence-corrected chi connectivity index (χ2v) is 8.18. The number of hydrogen-bond acceptors (Lipinski definition) is 5. The number of rotatable bonds is 2. The van der Waals surface area contributed by atoms with Gasteiger partial charge in [0.05, 0.1) is 11.3 Å². The Hall–Kier alpha value is -1.34. The zero-order chi connectivity index (χ0) is 17.1. The third-order valence-electron chi connectivity index (χ3n) is 5.14. The van der Waals surface area contributed by atoms with Gasteiger partial charge >= 0.3 is 0 Å². The fourth-order valence-electron chi connectivity index (χ4n) is 3.68. The van der Waals surface area contributed by atoms with Crippen molar-refractivity contribution in [3.63, 3.8) is 0 Å². The fourth-order valence-corrected chi connectivity index (χ4v) is 4.01. The van der Waals surface area contributed by atoms with Crippen LogP contribution in [-0.2, 0) is 6.42 Å². The number of aryl methyl sites for hydroxylation is 1. The third-order valence-corrected chi connectivity index (χ3v) is 6.05. The maximum absolute atomic E-state index is 10.1. The highest BCUT2D eigenvalue weighted by Crippen LogP contribution is 2.39. The van der Waals surface area contributed by atoms with Crippen LogP contribution in [0.3, 0.4) is 0 Å². The van der Waals surface area contributed by atoms with Crippen LogP contribution in [0, 0.1) is 6.92 Å². The van der Waals surface area contributed by atoms with E-state index in [-0.39, 0.29) is 6.10 Å². The molecule has 24 heavy (non-hydrogen) atoms. The summed E-state index contributed by atoms with van der Waals surface area (Å²) in [5, 5.41) is 18.5. The summed E-state index contributed by atoms with van der Waals surface area (Å²) in [6.07, 6.45) is 4.50. The van der Waals surface area contributed by atoms with Crippen molar-refractivity contribution in [3.8, 4) is 5.75 Å². The van der Waals surface area contributed by atoms with Gasteiger partial charge in [-0.15, -0.1) is 5.10 Å². The van der Waals surface area contributed by atoms with Crippen molar-refractivity contribution >= 4 is 27.4 Å². The van der Waals surface area contributed by atoms with Gasteiger partial charge in [0.25, 0.3) is 0 Å². The number of hydrogen-bond donors (Lipinski definition) is 2. The lowest BCUT2D eigenvalue weighted by Gasteiger charge is -2.33. The molecular formula is C17H23BrN4O2. The monoisotopic (exact) mass is 394 g/mol. The lowest BCUT2D eigenvalue weighted by atomic mass is 9.83. The summed E-state index contributed by atoms with van der Waals surface area (Å²) in [5.74, 6) is 1.73. The minimum absolute atomic E-state index is 0.136. The van der Waals surface area contributed by atoms with E-state index in [1.807, 2.05) is 18.4 Å². The number of fused-ring (bicyclic) bond motifs is 3. The molecule has 1 atom stereocenters. The Morgan fingerprint density at radius 1 is 1.38 bits per heavy atom. The van der Waals surface area contributed by atoms with Crippen LogP contribution < -0.4 is 10.1 Å². The number of nitrogens with zero attached hydrogens (tertiary/aromatic N) is 3. The Labute approximate surface area is 149 Å². The summed E-state index contributed by atoms with van der Waals surface area (Å²) in [4.78, 5) is 4.59. The number of aromatic nitrogens is 3. The number of halogens is 1. The Bertz CT molecular complexity index is 792. The minimum atomic E-state index is -0.528. The second-order valence-electron chi connectivity index (χ2n) is 7.43. The van der Waals surface area contributed by atoms with E-state index < -0.39 is 5.60 Å². The SMILES string of the molecule is Cc1nc2c3c(c(NC4CCC(C)(O)CC4)nn2c1Br)CC(C)O3. The molecule has 1 unspecified atom stereocenters. The molecule has 0 amide bonds. The topological polar surface area (TPSA) is 71.7 Å². The van der Waals surface area contributed by atoms with Crippen LogP contribution in [0.1, 0.15) is 50.8 Å². The fraction of sp³-hybridized carbons (Fsp3) is 0.647. The van der Waals surface area contributed by atoms with E-state index in [9.17, 15) is 5.11 Å². The van der Waals surface area contributed by atoms with Gasteiger partial charge in [0.1, 0.15) is 10.7 Å². The highest BCUT2D eigenvalue weighted by molar-refractivity contribution is 9.10. The molecule has 7 heteroatoms. The summed E-state index contributed by atoms with van der Waals surface area (Å²) in [5.41, 5.74) is 2.26. The molecule has 2 aliphatic rings. The standard InChI is InChI=1S/C17H23BrN4O2/c1-9-8-12-13(24-9)16-19-10(2)14(18)22(16)21-15(12)20-11-4-6-17(3,23)7-5-11/h9,11,23H,4-8H2,1-3H3,(H,20,21). The van der Waals surface area contributed by atoms with E-state index in [0.717, 1.165) is 65.2 Å². The molecular weight excluding hydrogens is 372 g/mol. The van der Waals surface area contributed by atoms with Crippen molar-refractivity contribution in [2.75, 3.05) is 5.32 Å². The highest BCUT2D eigenvalue weighted by Gasteiger charge is 2.32. The zero-order valence-electron chi connectivity index (χ0n) is 14.3. The van der Waals surface area contributed by atoms with Crippen molar-refractivity contribution < 1.29 is 9.84 Å². The second kappa shape index (κ2) is 5.59. The quantitative estimate of drug-likeness (QED) is 0.817. The minimum Gasteiger partial charge on any atom is -0.486 e. The molecule has 2 aromatic rings. The Kier molecular flexibility index (Phi) is 3.76. The molecule has 0 spiro atoms. The van der Waals surface area contributed by atoms with Crippen LogP contribution in [-0.4, -0.2) is 37.5 Å². The van der Waals surface area contributed by atoms with Crippen LogP contribution in [0.4, 0.5) is 5.82 Å². The molecule has 1 aliphatic heterocycles. The molecule has 0 saturated heterocycles. The first-order valence-corrected chi connectivity index (χ1v) is 9.36. The van der Waals surface area contributed by atoms with Crippen molar-refractivity contribution in [1.29, 1.82) is 0 Å². The maximum atomic E-state index is 10.1. The van der Waals surface area contributed by atoms with E-state index >= 15 is 0 Å². The van der Waals surface area contributed by atoms with Crippen LogP contribution >= 0.6 is 15.9 Å². The van der Waals surface area contributed by atoms with Crippen LogP contribution in [0.15, 0.2) is 4.60 Å². The van der Waals surface area contributed by atoms with Gasteiger partial charge in [-0.3, -0.25) is 0 Å². The van der Waals surface area contributed by atoms with E-state index in [1.54, 1.807) is 0 Å². The molecule has 1 fully saturated rings. The average molecular weight is 395 g/mol. The molecule has 130 valence electrons. The predicted molar refractivity (Wildman–Crippen MR) is 95.7 cm³/mol. The highest BCUT2D eigenvalue weighted by atomic mass is 79.9. The van der Waals surface area contributed by atoms with Crippen molar-refractivity contribution in [1.82, 2.24) is 14.6 Å². The van der Waals surface area contributed by atoms with Gasteiger partial charge in [-0.2, -0.15) is 0 Å². The number of imidazole rings is 1. The van der Waals surface area contributed by atoms with Crippen LogP contribution in [0.2, 0.25) is 0 Å². The molecule has 0 radical (unpaired) electrons. The molecule has 0 bridgehead atoms. The first-order valence-electron chi connectivity index (χ1n) is 8.57. The molecule has 1 aliphatic carbocycles. The van der Waals surface area contributed by atoms with Gasteiger partial charge in [-0.25, -0.2) is 9.50 Å². The van der Waals surface area contributed by atoms with Gasteiger partial charge in [-0.1, -0.05) is 0 Å². The summed E-state index contributed by atoms with van der Waals surface area (Å²) in [7, 11) is 0. The summed E-state index contributed by atoms with van der Waals surface area (Å²) < 4.78 is 8.70. The van der Waals surface area contributed by atoms with E-state index in [0.29, 0.717) is 6.04 Å². The van der Waals surface area contributed by atoms with Gasteiger partial charge in [0.15, 0.2) is 17.2 Å². The van der Waals surface area contributed by atoms with Crippen molar-refractivity contribution in [2.45, 2.75) is 70.6 Å². The molecule has 2 N–H and O–H groups in total. The predicted octanol–water partition coefficient (Wildman–Crippen LogP) is 3.23. The smallest absolute Gasteiger partial charge is 0.198 e. The van der Waals surface area contributed by atoms with Gasteiger partial charge in [0.2, 0.25) is 0 Å². The Morgan fingerprint density at radius 3 is 2.79 bits per heavy atom. The van der Waals surface area contributed by atoms with Crippen LogP contribution in [0.5, 0.6) is 5.75 Å². The number of nitrogens with one attached hydrogen (secondary N) is 1. The molecule has 1 saturated carbocycles. The van der Waals surface area contributed by atoms with Crippen LogP contribution in [0.25, 0.3) is 5.65 Å². The summed E-state index contributed by atoms with van der Waals surface area (Å²) in [6, 6.07) is 0.332. The zero-order valence-corrected chi connectivity index (χ0v) is 15.9. The average Bonchev–Trinajstić information content (AvgIpc) is 3.04. The Morgan fingerprint density at radius 2 is 2.08 bits per heavy atom. The summed E-state index contributed by atoms with van der Waals surface area (Å²) >= 11 is 3.57. The molecule has 4 rings (SSSR count). The maximum Gasteiger partial charge on any atom is 0.198 e. The molecule has 3 heterocycles. The largest absolute Gasteiger partial charge is 0.486 e. The molecule has 6 nitrogen and oxygen atoms in total. The molecule has 2 aromatic heterocycles. The lowest BCUT2D eigenvalue weighted by Crippen LogP contribution is -2.36. The van der Waals surface area contributed by atoms with E-state index in [2.05, 4.69) is 33.2 Å². The van der Waals surface area contributed by atoms with E-state index in [4.69, 9.17) is 9.84 Å². The molecule has 0 aromatic carbocycles. The summed E-state index contributed by atoms with van der Waals surface area (Å²) in [6.45, 7) is 5.95. The van der Waals surface area contributed by atoms with Gasteiger partial charge < -0.3 is 15.2 Å². The number of aliphatic hydroxyl groups is 1. The Balaban J connectivity index is 1.71. The van der Waals surface area contributed by atoms with Crippen molar-refractivity contribution in [3.05, 3.63) is 15.9 Å². The normalized spacial score (nSPS) is 29.5. The number of anilines is 1. The van der Waals surface area contributed by atoms with Crippen molar-refractivity contribution in [2.24, 2.45) is 0 Å².